The minimum absolute atomic E-state index is 0.137. The smallest absolute Gasteiger partial charge is 0.251 e. The summed E-state index contributed by atoms with van der Waals surface area (Å²) in [7, 11) is 0. The number of halogens is 2. The van der Waals surface area contributed by atoms with Gasteiger partial charge in [0.05, 0.1) is 18.2 Å². The Balaban J connectivity index is 1.71. The zero-order chi connectivity index (χ0) is 17.3. The Labute approximate surface area is 150 Å². The van der Waals surface area contributed by atoms with Crippen molar-refractivity contribution in [3.05, 3.63) is 63.6 Å². The molecule has 1 atom stereocenters. The van der Waals surface area contributed by atoms with Crippen molar-refractivity contribution < 1.29 is 9.59 Å². The number of amides is 2. The van der Waals surface area contributed by atoms with Gasteiger partial charge in [-0.15, -0.1) is 0 Å². The second kappa shape index (κ2) is 6.93. The van der Waals surface area contributed by atoms with Gasteiger partial charge >= 0.3 is 0 Å². The van der Waals surface area contributed by atoms with E-state index in [1.54, 1.807) is 30.3 Å². The van der Waals surface area contributed by atoms with Crippen molar-refractivity contribution in [1.82, 2.24) is 5.32 Å². The lowest BCUT2D eigenvalue weighted by Crippen LogP contribution is -2.38. The van der Waals surface area contributed by atoms with Crippen molar-refractivity contribution in [2.75, 3.05) is 4.90 Å². The van der Waals surface area contributed by atoms with Crippen molar-refractivity contribution >= 4 is 40.7 Å². The highest BCUT2D eigenvalue weighted by Crippen LogP contribution is 2.25. The number of benzene rings is 2. The zero-order valence-electron chi connectivity index (χ0n) is 13.1. The summed E-state index contributed by atoms with van der Waals surface area (Å²) in [5.74, 6) is -0.447. The molecule has 24 heavy (non-hydrogen) atoms. The summed E-state index contributed by atoms with van der Waals surface area (Å²) in [6, 6.07) is 12.0. The lowest BCUT2D eigenvalue weighted by Gasteiger charge is -2.16. The minimum atomic E-state index is -0.550. The van der Waals surface area contributed by atoms with Gasteiger partial charge in [0.2, 0.25) is 5.91 Å². The van der Waals surface area contributed by atoms with E-state index in [0.717, 1.165) is 11.1 Å². The fourth-order valence-electron chi connectivity index (χ4n) is 2.65. The number of carbonyl (C=O) groups excluding carboxylic acids is 2. The number of anilines is 1. The van der Waals surface area contributed by atoms with Gasteiger partial charge in [0.25, 0.3) is 5.91 Å². The van der Waals surface area contributed by atoms with Crippen LogP contribution in [0.5, 0.6) is 0 Å². The molecule has 4 nitrogen and oxygen atoms in total. The Hall–Kier alpha value is -1.88. The molecule has 1 saturated heterocycles. The van der Waals surface area contributed by atoms with Crippen LogP contribution in [0.4, 0.5) is 5.69 Å². The van der Waals surface area contributed by atoms with Crippen LogP contribution in [0.15, 0.2) is 42.5 Å². The van der Waals surface area contributed by atoms with Crippen molar-refractivity contribution in [3.8, 4) is 0 Å². The molecule has 1 aliphatic heterocycles. The summed E-state index contributed by atoms with van der Waals surface area (Å²) < 4.78 is 0. The van der Waals surface area contributed by atoms with Gasteiger partial charge in [-0.25, -0.2) is 4.90 Å². The van der Waals surface area contributed by atoms with Gasteiger partial charge in [0, 0.05) is 16.6 Å². The summed E-state index contributed by atoms with van der Waals surface area (Å²) in [6.07, 6.45) is 0.137. The largest absolute Gasteiger partial charge is 0.301 e. The lowest BCUT2D eigenvalue weighted by molar-refractivity contribution is -0.121. The average Bonchev–Trinajstić information content (AvgIpc) is 2.82. The molecule has 0 saturated carbocycles. The topological polar surface area (TPSA) is 49.4 Å². The molecular weight excluding hydrogens is 347 g/mol. The van der Waals surface area contributed by atoms with Gasteiger partial charge in [-0.1, -0.05) is 47.0 Å². The van der Waals surface area contributed by atoms with E-state index in [2.05, 4.69) is 5.32 Å². The molecule has 1 N–H and O–H groups in total. The number of aryl methyl sites for hydroxylation is 1. The molecule has 1 aliphatic rings. The number of hydrogen-bond donors (Lipinski definition) is 1. The second-order valence-electron chi connectivity index (χ2n) is 5.78. The first-order valence-electron chi connectivity index (χ1n) is 7.56. The van der Waals surface area contributed by atoms with E-state index >= 15 is 0 Å². The van der Waals surface area contributed by atoms with Crippen LogP contribution >= 0.6 is 23.2 Å². The van der Waals surface area contributed by atoms with E-state index in [-0.39, 0.29) is 18.2 Å². The number of nitrogens with one attached hydrogen (secondary N) is 1. The monoisotopic (exact) mass is 362 g/mol. The Bertz CT molecular complexity index is 790. The summed E-state index contributed by atoms with van der Waals surface area (Å²) >= 11 is 12.0. The van der Waals surface area contributed by atoms with E-state index in [1.807, 2.05) is 19.1 Å². The van der Waals surface area contributed by atoms with Gasteiger partial charge < -0.3 is 5.32 Å². The van der Waals surface area contributed by atoms with Crippen LogP contribution < -0.4 is 10.2 Å². The fraction of sp³-hybridized carbons (Fsp3) is 0.222. The number of imide groups is 1. The predicted molar refractivity (Wildman–Crippen MR) is 95.4 cm³/mol. The van der Waals surface area contributed by atoms with Crippen LogP contribution in [0.2, 0.25) is 10.0 Å². The van der Waals surface area contributed by atoms with Crippen LogP contribution in [0, 0.1) is 6.92 Å². The molecule has 0 unspecified atom stereocenters. The summed E-state index contributed by atoms with van der Waals surface area (Å²) in [5, 5.41) is 4.20. The van der Waals surface area contributed by atoms with Gasteiger partial charge in [0.15, 0.2) is 0 Å². The summed E-state index contributed by atoms with van der Waals surface area (Å²) in [4.78, 5) is 26.0. The summed E-state index contributed by atoms with van der Waals surface area (Å²) in [6.45, 7) is 2.35. The highest BCUT2D eigenvalue weighted by molar-refractivity contribution is 6.35. The van der Waals surface area contributed by atoms with Crippen molar-refractivity contribution in [2.45, 2.75) is 25.9 Å². The minimum Gasteiger partial charge on any atom is -0.301 e. The molecule has 124 valence electrons. The molecule has 3 rings (SSSR count). The van der Waals surface area contributed by atoms with Crippen LogP contribution in [-0.2, 0) is 16.1 Å². The van der Waals surface area contributed by atoms with Crippen LogP contribution in [-0.4, -0.2) is 17.9 Å². The Morgan fingerprint density at radius 1 is 1.12 bits per heavy atom. The van der Waals surface area contributed by atoms with Gasteiger partial charge in [0.1, 0.15) is 0 Å². The maximum absolute atomic E-state index is 12.6. The lowest BCUT2D eigenvalue weighted by atomic mass is 10.2. The molecule has 0 bridgehead atoms. The van der Waals surface area contributed by atoms with E-state index in [1.165, 1.54) is 4.90 Å². The maximum Gasteiger partial charge on any atom is 0.251 e. The first-order chi connectivity index (χ1) is 11.5. The maximum atomic E-state index is 12.6. The quantitative estimate of drug-likeness (QED) is 0.843. The first-order valence-corrected chi connectivity index (χ1v) is 8.32. The molecule has 0 spiro atoms. The van der Waals surface area contributed by atoms with Gasteiger partial charge in [-0.2, -0.15) is 0 Å². The normalized spacial score (nSPS) is 17.6. The molecule has 0 aliphatic carbocycles. The van der Waals surface area contributed by atoms with Crippen molar-refractivity contribution in [1.29, 1.82) is 0 Å². The van der Waals surface area contributed by atoms with E-state index in [4.69, 9.17) is 23.2 Å². The highest BCUT2D eigenvalue weighted by Gasteiger charge is 2.39. The fourth-order valence-corrected chi connectivity index (χ4v) is 3.13. The molecule has 2 aromatic carbocycles. The number of rotatable bonds is 4. The third kappa shape index (κ3) is 3.46. The number of hydrogen-bond acceptors (Lipinski definition) is 3. The zero-order valence-corrected chi connectivity index (χ0v) is 14.6. The number of nitrogens with zero attached hydrogens (tertiary/aromatic N) is 1. The van der Waals surface area contributed by atoms with E-state index in [0.29, 0.717) is 22.3 Å². The molecule has 1 fully saturated rings. The summed E-state index contributed by atoms with van der Waals surface area (Å²) in [5.41, 5.74) is 2.50. The van der Waals surface area contributed by atoms with Crippen LogP contribution in [0.25, 0.3) is 0 Å². The average molecular weight is 363 g/mol. The second-order valence-corrected chi connectivity index (χ2v) is 6.62. The molecule has 0 radical (unpaired) electrons. The van der Waals surface area contributed by atoms with Crippen molar-refractivity contribution in [3.63, 3.8) is 0 Å². The molecule has 1 heterocycles. The SMILES string of the molecule is Cc1ccc(N2C(=O)C[C@@H](NCc3ccc(Cl)cc3Cl)C2=O)cc1. The van der Waals surface area contributed by atoms with Crippen LogP contribution in [0.1, 0.15) is 17.5 Å². The van der Waals surface area contributed by atoms with Crippen LogP contribution in [0.3, 0.4) is 0 Å². The molecular formula is C18H16Cl2N2O2. The third-order valence-electron chi connectivity index (χ3n) is 3.99. The Morgan fingerprint density at radius 3 is 2.50 bits per heavy atom. The Morgan fingerprint density at radius 2 is 1.83 bits per heavy atom. The number of carbonyl (C=O) groups is 2. The van der Waals surface area contributed by atoms with E-state index < -0.39 is 6.04 Å². The molecule has 2 aromatic rings. The predicted octanol–water partition coefficient (Wildman–Crippen LogP) is 3.72. The van der Waals surface area contributed by atoms with Gasteiger partial charge in [-0.3, -0.25) is 9.59 Å². The highest BCUT2D eigenvalue weighted by atomic mass is 35.5. The van der Waals surface area contributed by atoms with E-state index in [9.17, 15) is 9.59 Å². The standard InChI is InChI=1S/C18H16Cl2N2O2/c1-11-2-6-14(7-3-11)22-17(23)9-16(18(22)24)21-10-12-4-5-13(19)8-15(12)20/h2-8,16,21H,9-10H2,1H3/t16-/m1/s1. The molecule has 2 amide bonds. The van der Waals surface area contributed by atoms with Gasteiger partial charge in [-0.05, 0) is 36.8 Å². The molecule has 6 heteroatoms. The third-order valence-corrected chi connectivity index (χ3v) is 4.58. The van der Waals surface area contributed by atoms with Crippen molar-refractivity contribution in [2.24, 2.45) is 0 Å². The molecule has 0 aromatic heterocycles. The first kappa shape index (κ1) is 17.0. The Kier molecular flexibility index (Phi) is 4.90.